The first-order valence-corrected chi connectivity index (χ1v) is 7.02. The molecule has 0 spiro atoms. The summed E-state index contributed by atoms with van der Waals surface area (Å²) >= 11 is 0. The molecule has 1 fully saturated rings. The zero-order chi connectivity index (χ0) is 13.8. The van der Waals surface area contributed by atoms with Gasteiger partial charge >= 0.3 is 0 Å². The molecule has 1 aromatic rings. The molecule has 0 bridgehead atoms. The van der Waals surface area contributed by atoms with E-state index in [4.69, 9.17) is 0 Å². The highest BCUT2D eigenvalue weighted by Gasteiger charge is 2.20. The fourth-order valence-electron chi connectivity index (χ4n) is 2.30. The van der Waals surface area contributed by atoms with Crippen molar-refractivity contribution in [3.63, 3.8) is 0 Å². The van der Waals surface area contributed by atoms with E-state index in [9.17, 15) is 0 Å². The first-order valence-electron chi connectivity index (χ1n) is 7.02. The Morgan fingerprint density at radius 3 is 2.74 bits per heavy atom. The Kier molecular flexibility index (Phi) is 4.39. The Hall–Kier alpha value is -1.59. The number of piperidine rings is 1. The number of hydrogen-bond acceptors (Lipinski definition) is 6. The molecule has 1 aliphatic rings. The molecule has 1 N–H and O–H groups in total. The molecule has 0 radical (unpaired) electrons. The first kappa shape index (κ1) is 13.8. The molecule has 0 aliphatic carbocycles. The van der Waals surface area contributed by atoms with Gasteiger partial charge in [-0.15, -0.1) is 0 Å². The van der Waals surface area contributed by atoms with Crippen molar-refractivity contribution >= 4 is 17.8 Å². The number of hydrogen-bond donors (Lipinski definition) is 1. The molecule has 106 valence electrons. The summed E-state index contributed by atoms with van der Waals surface area (Å²) in [7, 11) is 3.90. The van der Waals surface area contributed by atoms with Crippen LogP contribution in [-0.4, -0.2) is 48.7 Å². The van der Waals surface area contributed by atoms with Crippen LogP contribution in [0.2, 0.25) is 0 Å². The number of aromatic nitrogens is 3. The van der Waals surface area contributed by atoms with E-state index in [1.54, 1.807) is 0 Å². The fraction of sp³-hybridized carbons (Fsp3) is 0.769. The summed E-state index contributed by atoms with van der Waals surface area (Å²) < 4.78 is 0. The smallest absolute Gasteiger partial charge is 0.231 e. The summed E-state index contributed by atoms with van der Waals surface area (Å²) in [5.74, 6) is 2.87. The van der Waals surface area contributed by atoms with Gasteiger partial charge in [-0.05, 0) is 25.7 Å². The van der Waals surface area contributed by atoms with Crippen molar-refractivity contribution in [2.45, 2.75) is 26.7 Å². The molecular weight excluding hydrogens is 240 g/mol. The summed E-state index contributed by atoms with van der Waals surface area (Å²) in [5, 5.41) is 3.18. The lowest BCUT2D eigenvalue weighted by atomic mass is 10.0. The van der Waals surface area contributed by atoms with Crippen LogP contribution in [0, 0.1) is 5.92 Å². The molecule has 0 aromatic carbocycles. The maximum Gasteiger partial charge on any atom is 0.231 e. The van der Waals surface area contributed by atoms with Gasteiger partial charge in [0.05, 0.1) is 0 Å². The summed E-state index contributed by atoms with van der Waals surface area (Å²) in [5.41, 5.74) is 0. The van der Waals surface area contributed by atoms with Crippen molar-refractivity contribution < 1.29 is 0 Å². The van der Waals surface area contributed by atoms with Gasteiger partial charge in [0.2, 0.25) is 17.8 Å². The van der Waals surface area contributed by atoms with E-state index in [2.05, 4.69) is 32.1 Å². The van der Waals surface area contributed by atoms with E-state index >= 15 is 0 Å². The molecular formula is C13H24N6. The Morgan fingerprint density at radius 1 is 1.32 bits per heavy atom. The van der Waals surface area contributed by atoms with Gasteiger partial charge in [-0.25, -0.2) is 0 Å². The van der Waals surface area contributed by atoms with Gasteiger partial charge in [0.1, 0.15) is 0 Å². The predicted octanol–water partition coefficient (Wildman–Crippen LogP) is 1.61. The van der Waals surface area contributed by atoms with Crippen LogP contribution in [0.1, 0.15) is 26.7 Å². The standard InChI is InChI=1S/C13H24N6/c1-5-14-11-15-12(18(3)4)17-13(16-11)19-8-6-7-10(2)9-19/h10H,5-9H2,1-4H3,(H,14,15,16,17). The van der Waals surface area contributed by atoms with Crippen molar-refractivity contribution in [2.75, 3.05) is 48.8 Å². The molecule has 2 heterocycles. The minimum absolute atomic E-state index is 0.662. The summed E-state index contributed by atoms with van der Waals surface area (Å²) in [6.07, 6.45) is 2.50. The SMILES string of the molecule is CCNc1nc(N(C)C)nc(N2CCCC(C)C2)n1. The van der Waals surface area contributed by atoms with Gasteiger partial charge < -0.3 is 15.1 Å². The minimum Gasteiger partial charge on any atom is -0.354 e. The molecule has 1 atom stereocenters. The van der Waals surface area contributed by atoms with Crippen molar-refractivity contribution in [3.8, 4) is 0 Å². The third-order valence-corrected chi connectivity index (χ3v) is 3.29. The largest absolute Gasteiger partial charge is 0.354 e. The van der Waals surface area contributed by atoms with Crippen molar-refractivity contribution in [3.05, 3.63) is 0 Å². The van der Waals surface area contributed by atoms with Crippen LogP contribution < -0.4 is 15.1 Å². The molecule has 0 amide bonds. The highest BCUT2D eigenvalue weighted by molar-refractivity contribution is 5.44. The van der Waals surface area contributed by atoms with Crippen LogP contribution in [0.15, 0.2) is 0 Å². The highest BCUT2D eigenvalue weighted by Crippen LogP contribution is 2.22. The van der Waals surface area contributed by atoms with Crippen molar-refractivity contribution in [1.82, 2.24) is 15.0 Å². The van der Waals surface area contributed by atoms with Crippen LogP contribution >= 0.6 is 0 Å². The molecule has 1 unspecified atom stereocenters. The Bertz CT molecular complexity index is 420. The summed E-state index contributed by atoms with van der Waals surface area (Å²) in [6, 6.07) is 0. The number of nitrogens with zero attached hydrogens (tertiary/aromatic N) is 5. The average Bonchev–Trinajstić information content (AvgIpc) is 2.38. The van der Waals surface area contributed by atoms with Crippen molar-refractivity contribution in [2.24, 2.45) is 5.92 Å². The average molecular weight is 264 g/mol. The lowest BCUT2D eigenvalue weighted by Crippen LogP contribution is -2.36. The maximum atomic E-state index is 4.56. The Morgan fingerprint density at radius 2 is 2.11 bits per heavy atom. The zero-order valence-electron chi connectivity index (χ0n) is 12.3. The van der Waals surface area contributed by atoms with E-state index in [0.717, 1.165) is 25.6 Å². The predicted molar refractivity (Wildman–Crippen MR) is 78.9 cm³/mol. The molecule has 2 rings (SSSR count). The number of anilines is 3. The molecule has 1 saturated heterocycles. The molecule has 1 aliphatic heterocycles. The van der Waals surface area contributed by atoms with E-state index in [1.807, 2.05) is 25.9 Å². The van der Waals surface area contributed by atoms with Crippen LogP contribution in [0.5, 0.6) is 0 Å². The fourth-order valence-corrected chi connectivity index (χ4v) is 2.30. The van der Waals surface area contributed by atoms with Gasteiger partial charge in [-0.2, -0.15) is 15.0 Å². The van der Waals surface area contributed by atoms with Gasteiger partial charge in [-0.1, -0.05) is 6.92 Å². The normalized spacial score (nSPS) is 19.4. The van der Waals surface area contributed by atoms with Crippen LogP contribution in [0.25, 0.3) is 0 Å². The molecule has 19 heavy (non-hydrogen) atoms. The molecule has 6 heteroatoms. The lowest BCUT2D eigenvalue weighted by molar-refractivity contribution is 0.442. The van der Waals surface area contributed by atoms with Crippen LogP contribution in [0.3, 0.4) is 0 Å². The summed E-state index contributed by atoms with van der Waals surface area (Å²) in [6.45, 7) is 7.20. The van der Waals surface area contributed by atoms with E-state index in [1.165, 1.54) is 12.8 Å². The van der Waals surface area contributed by atoms with Gasteiger partial charge in [0.15, 0.2) is 0 Å². The lowest BCUT2D eigenvalue weighted by Gasteiger charge is -2.31. The second kappa shape index (κ2) is 6.04. The second-order valence-electron chi connectivity index (χ2n) is 5.38. The topological polar surface area (TPSA) is 57.2 Å². The second-order valence-corrected chi connectivity index (χ2v) is 5.38. The third-order valence-electron chi connectivity index (χ3n) is 3.29. The zero-order valence-corrected chi connectivity index (χ0v) is 12.3. The number of nitrogens with one attached hydrogen (secondary N) is 1. The number of rotatable bonds is 4. The van der Waals surface area contributed by atoms with Gasteiger partial charge in [0, 0.05) is 33.7 Å². The van der Waals surface area contributed by atoms with Gasteiger partial charge in [-0.3, -0.25) is 0 Å². The minimum atomic E-state index is 0.662. The van der Waals surface area contributed by atoms with E-state index in [-0.39, 0.29) is 0 Å². The quantitative estimate of drug-likeness (QED) is 0.891. The monoisotopic (exact) mass is 264 g/mol. The van der Waals surface area contributed by atoms with Gasteiger partial charge in [0.25, 0.3) is 0 Å². The first-order chi connectivity index (χ1) is 9.10. The van der Waals surface area contributed by atoms with E-state index < -0.39 is 0 Å². The Labute approximate surface area is 115 Å². The van der Waals surface area contributed by atoms with E-state index in [0.29, 0.717) is 17.8 Å². The van der Waals surface area contributed by atoms with Crippen LogP contribution in [0.4, 0.5) is 17.8 Å². The molecule has 0 saturated carbocycles. The van der Waals surface area contributed by atoms with Crippen molar-refractivity contribution in [1.29, 1.82) is 0 Å². The maximum absolute atomic E-state index is 4.56. The third kappa shape index (κ3) is 3.45. The molecule has 1 aromatic heterocycles. The highest BCUT2D eigenvalue weighted by atomic mass is 15.3. The van der Waals surface area contributed by atoms with Crippen LogP contribution in [-0.2, 0) is 0 Å². The Balaban J connectivity index is 2.27. The summed E-state index contributed by atoms with van der Waals surface area (Å²) in [4.78, 5) is 17.7. The molecule has 6 nitrogen and oxygen atoms in total.